The van der Waals surface area contributed by atoms with Crippen LogP contribution in [0.15, 0.2) is 41.8 Å². The molecule has 0 aliphatic heterocycles. The summed E-state index contributed by atoms with van der Waals surface area (Å²) in [6.45, 7) is 3.62. The van der Waals surface area contributed by atoms with Crippen molar-refractivity contribution < 1.29 is 29.4 Å². The monoisotopic (exact) mass is 573 g/mol. The molecule has 0 radical (unpaired) electrons. The van der Waals surface area contributed by atoms with Crippen molar-refractivity contribution >= 4 is 29.7 Å². The van der Waals surface area contributed by atoms with Gasteiger partial charge < -0.3 is 48.3 Å². The smallest absolute Gasteiger partial charge is 0.326 e. The number of benzene rings is 1. The lowest BCUT2D eigenvalue weighted by molar-refractivity contribution is -0.142. The number of hydrogen-bond donors (Lipinski definition) is 9. The molecule has 0 aliphatic rings. The summed E-state index contributed by atoms with van der Waals surface area (Å²) in [7, 11) is 0. The minimum atomic E-state index is -1.26. The van der Waals surface area contributed by atoms with Crippen molar-refractivity contribution in [1.29, 1.82) is 0 Å². The molecular formula is C26H39N9O6. The van der Waals surface area contributed by atoms with Crippen LogP contribution < -0.4 is 33.2 Å². The molecule has 0 spiro atoms. The number of carbonyl (C=O) groups excluding carboxylic acids is 3. The van der Waals surface area contributed by atoms with E-state index in [1.807, 2.05) is 0 Å². The Morgan fingerprint density at radius 1 is 0.976 bits per heavy atom. The van der Waals surface area contributed by atoms with Crippen LogP contribution in [-0.4, -0.2) is 80.5 Å². The summed E-state index contributed by atoms with van der Waals surface area (Å²) < 4.78 is 0. The fraction of sp³-hybridized carbons (Fsp3) is 0.462. The Hall–Kier alpha value is -4.66. The molecule has 0 saturated heterocycles. The number of carbonyl (C=O) groups is 4. The van der Waals surface area contributed by atoms with Crippen molar-refractivity contribution in [2.75, 3.05) is 6.54 Å². The molecule has 3 amide bonds. The number of rotatable bonds is 16. The van der Waals surface area contributed by atoms with Crippen LogP contribution in [0, 0.1) is 5.92 Å². The van der Waals surface area contributed by atoms with Gasteiger partial charge in [-0.25, -0.2) is 9.78 Å². The maximum absolute atomic E-state index is 13.3. The largest absolute Gasteiger partial charge is 0.508 e. The maximum Gasteiger partial charge on any atom is 0.326 e. The lowest BCUT2D eigenvalue weighted by Crippen LogP contribution is -2.59. The summed E-state index contributed by atoms with van der Waals surface area (Å²) in [6, 6.07) is 1.77. The molecular weight excluding hydrogens is 534 g/mol. The van der Waals surface area contributed by atoms with Crippen molar-refractivity contribution in [2.45, 2.75) is 63.7 Å². The molecule has 0 saturated carbocycles. The quantitative estimate of drug-likeness (QED) is 0.0635. The lowest BCUT2D eigenvalue weighted by Gasteiger charge is -2.27. The number of aromatic amines is 1. The molecule has 0 bridgehead atoms. The topological polar surface area (TPSA) is 264 Å². The second-order valence-corrected chi connectivity index (χ2v) is 9.90. The fourth-order valence-electron chi connectivity index (χ4n) is 3.89. The Kier molecular flexibility index (Phi) is 12.6. The molecule has 41 heavy (non-hydrogen) atoms. The van der Waals surface area contributed by atoms with Gasteiger partial charge in [-0.05, 0) is 42.9 Å². The second-order valence-electron chi connectivity index (χ2n) is 9.90. The van der Waals surface area contributed by atoms with E-state index in [4.69, 9.17) is 17.2 Å². The van der Waals surface area contributed by atoms with E-state index in [1.165, 1.54) is 24.7 Å². The Balaban J connectivity index is 2.12. The average Bonchev–Trinajstić information content (AvgIpc) is 3.42. The van der Waals surface area contributed by atoms with Gasteiger partial charge in [-0.15, -0.1) is 0 Å². The van der Waals surface area contributed by atoms with Gasteiger partial charge in [-0.3, -0.25) is 19.4 Å². The number of hydrogen-bond acceptors (Lipinski definition) is 8. The summed E-state index contributed by atoms with van der Waals surface area (Å²) >= 11 is 0. The van der Waals surface area contributed by atoms with Crippen molar-refractivity contribution in [3.8, 4) is 5.75 Å². The van der Waals surface area contributed by atoms with Gasteiger partial charge in [0.25, 0.3) is 0 Å². The van der Waals surface area contributed by atoms with E-state index in [0.29, 0.717) is 12.1 Å². The average molecular weight is 574 g/mol. The first kappa shape index (κ1) is 32.6. The van der Waals surface area contributed by atoms with Crippen molar-refractivity contribution in [3.05, 3.63) is 48.0 Å². The highest BCUT2D eigenvalue weighted by molar-refractivity contribution is 5.94. The number of aliphatic imine (C=N–C) groups is 1. The third-order valence-corrected chi connectivity index (χ3v) is 6.15. The SMILES string of the molecule is CC(C)C(NC(=O)C(N)Cc1ccc(O)cc1)C(=O)NC(Cc1cnc[nH]1)C(=O)NC(CCCN=C(N)N)C(=O)O. The Bertz CT molecular complexity index is 1180. The number of aromatic hydroxyl groups is 1. The summed E-state index contributed by atoms with van der Waals surface area (Å²) in [5.74, 6) is -3.64. The van der Waals surface area contributed by atoms with E-state index in [9.17, 15) is 29.4 Å². The summed E-state index contributed by atoms with van der Waals surface area (Å²) in [6.07, 6.45) is 3.37. The zero-order valence-corrected chi connectivity index (χ0v) is 23.0. The van der Waals surface area contributed by atoms with Gasteiger partial charge in [0.1, 0.15) is 23.9 Å². The molecule has 1 aromatic heterocycles. The number of H-pyrrole nitrogens is 1. The molecule has 12 N–H and O–H groups in total. The number of carboxylic acid groups (broad SMARTS) is 1. The number of nitrogens with one attached hydrogen (secondary N) is 4. The zero-order chi connectivity index (χ0) is 30.5. The van der Waals surface area contributed by atoms with Gasteiger partial charge in [-0.2, -0.15) is 0 Å². The van der Waals surface area contributed by atoms with Crippen LogP contribution >= 0.6 is 0 Å². The first-order valence-electron chi connectivity index (χ1n) is 13.1. The minimum Gasteiger partial charge on any atom is -0.508 e. The van der Waals surface area contributed by atoms with E-state index in [1.54, 1.807) is 26.0 Å². The van der Waals surface area contributed by atoms with Gasteiger partial charge in [-0.1, -0.05) is 26.0 Å². The van der Waals surface area contributed by atoms with E-state index >= 15 is 0 Å². The number of amides is 3. The third kappa shape index (κ3) is 11.2. The number of carboxylic acids is 1. The first-order valence-corrected chi connectivity index (χ1v) is 13.1. The van der Waals surface area contributed by atoms with Crippen molar-refractivity contribution in [3.63, 3.8) is 0 Å². The number of nitrogens with two attached hydrogens (primary N) is 3. The standard InChI is InChI=1S/C26H39N9O6/c1-14(2)21(35-22(37)18(27)10-15-5-7-17(36)8-6-15)24(39)34-20(11-16-12-30-13-32-16)23(38)33-19(25(40)41)4-3-9-31-26(28)29/h5-8,12-14,18-21,36H,3-4,9-11,27H2,1-2H3,(H,30,32)(H,33,38)(H,34,39)(H,35,37)(H,40,41)(H4,28,29,31). The fourth-order valence-corrected chi connectivity index (χ4v) is 3.89. The molecule has 4 atom stereocenters. The van der Waals surface area contributed by atoms with E-state index in [-0.39, 0.29) is 43.4 Å². The van der Waals surface area contributed by atoms with Gasteiger partial charge in [0, 0.05) is 24.9 Å². The highest BCUT2D eigenvalue weighted by atomic mass is 16.4. The number of phenolic OH excluding ortho intramolecular Hbond substituents is 1. The zero-order valence-electron chi connectivity index (χ0n) is 23.0. The van der Waals surface area contributed by atoms with Gasteiger partial charge >= 0.3 is 5.97 Å². The lowest BCUT2D eigenvalue weighted by atomic mass is 10.0. The normalized spacial score (nSPS) is 13.9. The highest BCUT2D eigenvalue weighted by Gasteiger charge is 2.32. The van der Waals surface area contributed by atoms with Crippen LogP contribution in [-0.2, 0) is 32.0 Å². The molecule has 1 aromatic carbocycles. The van der Waals surface area contributed by atoms with Gasteiger partial charge in [0.05, 0.1) is 12.4 Å². The Morgan fingerprint density at radius 3 is 2.20 bits per heavy atom. The number of imidazole rings is 1. The van der Waals surface area contributed by atoms with E-state index in [2.05, 4.69) is 30.9 Å². The Labute approximate surface area is 237 Å². The molecule has 224 valence electrons. The molecule has 0 aliphatic carbocycles. The second kappa shape index (κ2) is 15.8. The van der Waals surface area contributed by atoms with Crippen molar-refractivity contribution in [2.24, 2.45) is 28.1 Å². The van der Waals surface area contributed by atoms with Crippen LogP contribution in [0.3, 0.4) is 0 Å². The van der Waals surface area contributed by atoms with Crippen LogP contribution in [0.1, 0.15) is 37.9 Å². The Morgan fingerprint density at radius 2 is 1.63 bits per heavy atom. The van der Waals surface area contributed by atoms with E-state index < -0.39 is 47.9 Å². The predicted molar refractivity (Wildman–Crippen MR) is 150 cm³/mol. The van der Waals surface area contributed by atoms with Crippen LogP contribution in [0.4, 0.5) is 0 Å². The first-order chi connectivity index (χ1) is 19.4. The number of nitrogens with zero attached hydrogens (tertiary/aromatic N) is 2. The number of aromatic nitrogens is 2. The highest BCUT2D eigenvalue weighted by Crippen LogP contribution is 2.12. The summed E-state index contributed by atoms with van der Waals surface area (Å²) in [5.41, 5.74) is 17.9. The summed E-state index contributed by atoms with van der Waals surface area (Å²) in [4.78, 5) is 61.7. The predicted octanol–water partition coefficient (Wildman–Crippen LogP) is -1.52. The molecule has 0 fully saturated rings. The van der Waals surface area contributed by atoms with Gasteiger partial charge in [0.15, 0.2) is 5.96 Å². The molecule has 2 rings (SSSR count). The number of phenols is 1. The van der Waals surface area contributed by atoms with Gasteiger partial charge in [0.2, 0.25) is 17.7 Å². The molecule has 1 heterocycles. The molecule has 15 heteroatoms. The summed E-state index contributed by atoms with van der Waals surface area (Å²) in [5, 5.41) is 26.8. The van der Waals surface area contributed by atoms with Crippen molar-refractivity contribution in [1.82, 2.24) is 25.9 Å². The van der Waals surface area contributed by atoms with E-state index in [0.717, 1.165) is 5.56 Å². The van der Waals surface area contributed by atoms with Crippen LogP contribution in [0.5, 0.6) is 5.75 Å². The molecule has 2 aromatic rings. The molecule has 4 unspecified atom stereocenters. The maximum atomic E-state index is 13.3. The van der Waals surface area contributed by atoms with Crippen LogP contribution in [0.2, 0.25) is 0 Å². The van der Waals surface area contributed by atoms with Crippen LogP contribution in [0.25, 0.3) is 0 Å². The number of aliphatic carboxylic acids is 1. The third-order valence-electron chi connectivity index (χ3n) is 6.15. The number of guanidine groups is 1. The minimum absolute atomic E-state index is 0.0168. The molecule has 15 nitrogen and oxygen atoms in total.